The summed E-state index contributed by atoms with van der Waals surface area (Å²) in [6, 6.07) is 10.1. The molecule has 0 saturated heterocycles. The zero-order valence-corrected chi connectivity index (χ0v) is 13.5. The summed E-state index contributed by atoms with van der Waals surface area (Å²) in [4.78, 5) is 0. The summed E-state index contributed by atoms with van der Waals surface area (Å²) in [6.45, 7) is 3.71. The molecule has 1 N–H and O–H groups in total. The number of rotatable bonds is 4. The van der Waals surface area contributed by atoms with E-state index in [0.717, 1.165) is 12.8 Å². The van der Waals surface area contributed by atoms with E-state index < -0.39 is 11.4 Å². The average molecular weight is 327 g/mol. The van der Waals surface area contributed by atoms with E-state index in [2.05, 4.69) is 6.92 Å². The fourth-order valence-electron chi connectivity index (χ4n) is 2.34. The van der Waals surface area contributed by atoms with Crippen LogP contribution in [0.1, 0.15) is 37.0 Å². The molecule has 0 aliphatic carbocycles. The van der Waals surface area contributed by atoms with Gasteiger partial charge in [-0.25, -0.2) is 4.39 Å². The van der Waals surface area contributed by atoms with Gasteiger partial charge in [0.2, 0.25) is 0 Å². The van der Waals surface area contributed by atoms with Crippen molar-refractivity contribution < 1.29 is 9.50 Å². The molecule has 0 aliphatic rings. The van der Waals surface area contributed by atoms with Crippen LogP contribution in [0.5, 0.6) is 0 Å². The van der Waals surface area contributed by atoms with Gasteiger partial charge in [-0.15, -0.1) is 0 Å². The van der Waals surface area contributed by atoms with E-state index in [1.54, 1.807) is 6.92 Å². The van der Waals surface area contributed by atoms with Gasteiger partial charge in [-0.3, -0.25) is 0 Å². The molecule has 0 spiro atoms. The van der Waals surface area contributed by atoms with Crippen molar-refractivity contribution in [1.29, 1.82) is 0 Å². The SMILES string of the molecule is CCCc1ccc(C(C)(O)c2cc(F)c(Cl)cc2Cl)cc1. The molecule has 0 aromatic heterocycles. The lowest BCUT2D eigenvalue weighted by atomic mass is 9.87. The quantitative estimate of drug-likeness (QED) is 0.752. The second kappa shape index (κ2) is 6.35. The smallest absolute Gasteiger partial charge is 0.142 e. The van der Waals surface area contributed by atoms with Crippen molar-refractivity contribution >= 4 is 23.2 Å². The Bertz CT molecular complexity index is 636. The Morgan fingerprint density at radius 2 is 1.71 bits per heavy atom. The molecule has 0 fully saturated rings. The van der Waals surface area contributed by atoms with E-state index in [1.165, 1.54) is 17.7 Å². The maximum Gasteiger partial charge on any atom is 0.142 e. The third-order valence-corrected chi connectivity index (χ3v) is 4.19. The Labute approximate surface area is 134 Å². The predicted octanol–water partition coefficient (Wildman–Crippen LogP) is 5.34. The van der Waals surface area contributed by atoms with Gasteiger partial charge in [-0.1, -0.05) is 60.8 Å². The molecule has 1 unspecified atom stereocenters. The minimum atomic E-state index is -1.38. The summed E-state index contributed by atoms with van der Waals surface area (Å²) >= 11 is 11.8. The largest absolute Gasteiger partial charge is 0.381 e. The number of hydrogen-bond acceptors (Lipinski definition) is 1. The van der Waals surface area contributed by atoms with Crippen LogP contribution >= 0.6 is 23.2 Å². The van der Waals surface area contributed by atoms with Crippen LogP contribution in [0, 0.1) is 5.82 Å². The van der Waals surface area contributed by atoms with Crippen molar-refractivity contribution in [2.45, 2.75) is 32.3 Å². The number of aliphatic hydroxyl groups is 1. The van der Waals surface area contributed by atoms with Crippen LogP contribution in [0.4, 0.5) is 4.39 Å². The highest BCUT2D eigenvalue weighted by Gasteiger charge is 2.29. The van der Waals surface area contributed by atoms with Crippen molar-refractivity contribution in [3.63, 3.8) is 0 Å². The van der Waals surface area contributed by atoms with E-state index in [4.69, 9.17) is 23.2 Å². The number of aryl methyl sites for hydroxylation is 1. The molecule has 0 heterocycles. The molecule has 112 valence electrons. The topological polar surface area (TPSA) is 20.2 Å². The molecule has 0 radical (unpaired) electrons. The summed E-state index contributed by atoms with van der Waals surface area (Å²) in [5.41, 5.74) is 0.776. The molecular weight excluding hydrogens is 310 g/mol. The minimum Gasteiger partial charge on any atom is -0.381 e. The molecule has 21 heavy (non-hydrogen) atoms. The molecule has 1 nitrogen and oxygen atoms in total. The third kappa shape index (κ3) is 3.39. The van der Waals surface area contributed by atoms with Gasteiger partial charge in [-0.2, -0.15) is 0 Å². The number of halogens is 3. The lowest BCUT2D eigenvalue weighted by Crippen LogP contribution is -2.23. The Morgan fingerprint density at radius 1 is 1.10 bits per heavy atom. The molecule has 0 aliphatic heterocycles. The van der Waals surface area contributed by atoms with Gasteiger partial charge in [0.1, 0.15) is 11.4 Å². The lowest BCUT2D eigenvalue weighted by Gasteiger charge is -2.26. The van der Waals surface area contributed by atoms with Crippen LogP contribution in [0.15, 0.2) is 36.4 Å². The molecule has 2 rings (SSSR count). The monoisotopic (exact) mass is 326 g/mol. The fraction of sp³-hybridized carbons (Fsp3) is 0.294. The van der Waals surface area contributed by atoms with Crippen molar-refractivity contribution in [3.8, 4) is 0 Å². The second-order valence-electron chi connectivity index (χ2n) is 5.27. The molecule has 2 aromatic rings. The first-order valence-corrected chi connectivity index (χ1v) is 7.58. The Kier molecular flexibility index (Phi) is 4.92. The van der Waals surface area contributed by atoms with Gasteiger partial charge in [0.25, 0.3) is 0 Å². The summed E-state index contributed by atoms with van der Waals surface area (Å²) in [5.74, 6) is -0.598. The minimum absolute atomic E-state index is 0.0576. The van der Waals surface area contributed by atoms with Crippen LogP contribution in [-0.2, 0) is 12.0 Å². The van der Waals surface area contributed by atoms with Gasteiger partial charge in [0.15, 0.2) is 0 Å². The van der Waals surface area contributed by atoms with Gasteiger partial charge in [0, 0.05) is 10.6 Å². The van der Waals surface area contributed by atoms with Crippen molar-refractivity contribution in [3.05, 3.63) is 69.0 Å². The van der Waals surface area contributed by atoms with Gasteiger partial charge < -0.3 is 5.11 Å². The highest BCUT2D eigenvalue weighted by Crippen LogP contribution is 2.36. The fourth-order valence-corrected chi connectivity index (χ4v) is 2.90. The molecule has 0 bridgehead atoms. The number of benzene rings is 2. The Balaban J connectivity index is 2.43. The molecule has 2 aromatic carbocycles. The second-order valence-corrected chi connectivity index (χ2v) is 6.08. The van der Waals surface area contributed by atoms with Crippen molar-refractivity contribution in [2.75, 3.05) is 0 Å². The Hall–Kier alpha value is -1.09. The molecular formula is C17H17Cl2FO. The molecule has 0 amide bonds. The predicted molar refractivity (Wildman–Crippen MR) is 85.5 cm³/mol. The van der Waals surface area contributed by atoms with E-state index in [0.29, 0.717) is 11.1 Å². The van der Waals surface area contributed by atoms with E-state index in [1.807, 2.05) is 24.3 Å². The van der Waals surface area contributed by atoms with E-state index >= 15 is 0 Å². The highest BCUT2D eigenvalue weighted by molar-refractivity contribution is 6.35. The molecule has 4 heteroatoms. The maximum atomic E-state index is 13.7. The van der Waals surface area contributed by atoms with E-state index in [-0.39, 0.29) is 10.0 Å². The molecule has 1 atom stereocenters. The normalized spacial score (nSPS) is 14.0. The first-order chi connectivity index (χ1) is 9.86. The van der Waals surface area contributed by atoms with Crippen LogP contribution in [0.25, 0.3) is 0 Å². The standard InChI is InChI=1S/C17H17Cl2FO/c1-3-4-11-5-7-12(8-6-11)17(2,21)13-9-16(20)15(19)10-14(13)18/h5-10,21H,3-4H2,1-2H3. The summed E-state index contributed by atoms with van der Waals surface area (Å²) < 4.78 is 13.7. The van der Waals surface area contributed by atoms with Crippen LogP contribution < -0.4 is 0 Å². The third-order valence-electron chi connectivity index (χ3n) is 3.59. The lowest BCUT2D eigenvalue weighted by molar-refractivity contribution is 0.102. The van der Waals surface area contributed by atoms with Crippen molar-refractivity contribution in [1.82, 2.24) is 0 Å². The van der Waals surface area contributed by atoms with Crippen LogP contribution in [-0.4, -0.2) is 5.11 Å². The summed E-state index contributed by atoms with van der Waals surface area (Å²) in [5, 5.41) is 11.0. The van der Waals surface area contributed by atoms with Crippen molar-refractivity contribution in [2.24, 2.45) is 0 Å². The zero-order chi connectivity index (χ0) is 15.6. The average Bonchev–Trinajstić information content (AvgIpc) is 2.43. The first-order valence-electron chi connectivity index (χ1n) is 6.83. The maximum absolute atomic E-state index is 13.7. The van der Waals surface area contributed by atoms with Crippen LogP contribution in [0.2, 0.25) is 10.0 Å². The van der Waals surface area contributed by atoms with Gasteiger partial charge >= 0.3 is 0 Å². The highest BCUT2D eigenvalue weighted by atomic mass is 35.5. The molecule has 0 saturated carbocycles. The zero-order valence-electron chi connectivity index (χ0n) is 12.0. The number of hydrogen-bond donors (Lipinski definition) is 1. The van der Waals surface area contributed by atoms with Gasteiger partial charge in [-0.05, 0) is 36.6 Å². The summed E-state index contributed by atoms with van der Waals surface area (Å²) in [6.07, 6.45) is 2.04. The van der Waals surface area contributed by atoms with Crippen LogP contribution in [0.3, 0.4) is 0 Å². The van der Waals surface area contributed by atoms with Gasteiger partial charge in [0.05, 0.1) is 5.02 Å². The van der Waals surface area contributed by atoms with E-state index in [9.17, 15) is 9.50 Å². The summed E-state index contributed by atoms with van der Waals surface area (Å²) in [7, 11) is 0. The first kappa shape index (κ1) is 16.3. The Morgan fingerprint density at radius 3 is 2.29 bits per heavy atom.